The first kappa shape index (κ1) is 14.5. The van der Waals surface area contributed by atoms with Crippen molar-refractivity contribution in [3.05, 3.63) is 101 Å². The number of aryl methyl sites for hydroxylation is 1. The molecular formula is C22H17NO. The number of hydrogen-bond donors (Lipinski definition) is 0. The molecule has 0 aliphatic rings. The van der Waals surface area contributed by atoms with Crippen LogP contribution >= 0.6 is 0 Å². The Balaban J connectivity index is 2.06. The Morgan fingerprint density at radius 2 is 1.42 bits per heavy atom. The highest BCUT2D eigenvalue weighted by Gasteiger charge is 2.11. The van der Waals surface area contributed by atoms with E-state index in [-0.39, 0.29) is 5.56 Å². The number of aromatic nitrogens is 1. The Hall–Kier alpha value is -3.13. The molecule has 0 bridgehead atoms. The molecule has 0 radical (unpaired) electrons. The van der Waals surface area contributed by atoms with E-state index in [9.17, 15) is 4.79 Å². The van der Waals surface area contributed by atoms with Crippen LogP contribution in [0.15, 0.2) is 89.7 Å². The number of benzene rings is 3. The topological polar surface area (TPSA) is 22.0 Å². The molecule has 0 atom stereocenters. The first-order chi connectivity index (χ1) is 11.7. The molecule has 0 N–H and O–H groups in total. The fourth-order valence-corrected chi connectivity index (χ4v) is 3.10. The number of fused-ring (bicyclic) bond motifs is 1. The standard InChI is InChI=1S/C22H17NO/c1-16-11-13-18(14-12-16)23-21-10-6-5-9-19(21)20(15-22(23)24)17-7-3-2-4-8-17/h2-15H,1H3. The molecule has 2 heteroatoms. The number of para-hydroxylation sites is 1. The van der Waals surface area contributed by atoms with Crippen molar-refractivity contribution in [2.75, 3.05) is 0 Å². The summed E-state index contributed by atoms with van der Waals surface area (Å²) >= 11 is 0. The summed E-state index contributed by atoms with van der Waals surface area (Å²) in [6.07, 6.45) is 0. The summed E-state index contributed by atoms with van der Waals surface area (Å²) in [6.45, 7) is 2.04. The van der Waals surface area contributed by atoms with Gasteiger partial charge >= 0.3 is 0 Å². The van der Waals surface area contributed by atoms with Gasteiger partial charge in [0.15, 0.2) is 0 Å². The van der Waals surface area contributed by atoms with Crippen molar-refractivity contribution in [2.24, 2.45) is 0 Å². The van der Waals surface area contributed by atoms with Gasteiger partial charge in [0.05, 0.1) is 5.52 Å². The van der Waals surface area contributed by atoms with Gasteiger partial charge in [0.2, 0.25) is 0 Å². The second-order valence-electron chi connectivity index (χ2n) is 5.95. The van der Waals surface area contributed by atoms with Crippen LogP contribution in [-0.2, 0) is 0 Å². The molecule has 24 heavy (non-hydrogen) atoms. The van der Waals surface area contributed by atoms with Gasteiger partial charge in [-0.3, -0.25) is 9.36 Å². The zero-order valence-corrected chi connectivity index (χ0v) is 13.4. The summed E-state index contributed by atoms with van der Waals surface area (Å²) in [7, 11) is 0. The SMILES string of the molecule is Cc1ccc(-n2c(=O)cc(-c3ccccc3)c3ccccc32)cc1. The molecule has 4 rings (SSSR count). The Bertz CT molecular complexity index is 1060. The van der Waals surface area contributed by atoms with Crippen molar-refractivity contribution < 1.29 is 0 Å². The largest absolute Gasteiger partial charge is 0.277 e. The Kier molecular flexibility index (Phi) is 3.51. The zero-order chi connectivity index (χ0) is 16.5. The summed E-state index contributed by atoms with van der Waals surface area (Å²) in [6, 6.07) is 27.9. The van der Waals surface area contributed by atoms with Crippen LogP contribution in [0.25, 0.3) is 27.7 Å². The van der Waals surface area contributed by atoms with E-state index in [0.717, 1.165) is 27.7 Å². The predicted molar refractivity (Wildman–Crippen MR) is 99.7 cm³/mol. The van der Waals surface area contributed by atoms with Gasteiger partial charge in [-0.05, 0) is 36.2 Å². The molecule has 2 nitrogen and oxygen atoms in total. The van der Waals surface area contributed by atoms with Crippen LogP contribution in [-0.4, -0.2) is 4.57 Å². The maximum atomic E-state index is 12.9. The van der Waals surface area contributed by atoms with Crippen LogP contribution in [0.1, 0.15) is 5.56 Å². The molecule has 116 valence electrons. The lowest BCUT2D eigenvalue weighted by atomic mass is 10.0. The third-order valence-corrected chi connectivity index (χ3v) is 4.30. The molecule has 0 fully saturated rings. The van der Waals surface area contributed by atoms with Gasteiger partial charge in [-0.25, -0.2) is 0 Å². The lowest BCUT2D eigenvalue weighted by Gasteiger charge is -2.14. The fourth-order valence-electron chi connectivity index (χ4n) is 3.10. The number of rotatable bonds is 2. The average molecular weight is 311 g/mol. The first-order valence-corrected chi connectivity index (χ1v) is 8.01. The minimum absolute atomic E-state index is 0.0172. The highest BCUT2D eigenvalue weighted by atomic mass is 16.1. The number of hydrogen-bond acceptors (Lipinski definition) is 1. The summed E-state index contributed by atoms with van der Waals surface area (Å²) in [5, 5.41) is 1.07. The molecule has 0 saturated carbocycles. The van der Waals surface area contributed by atoms with Crippen LogP contribution in [0, 0.1) is 6.92 Å². The molecule has 4 aromatic rings. The normalized spacial score (nSPS) is 10.9. The third-order valence-electron chi connectivity index (χ3n) is 4.30. The van der Waals surface area contributed by atoms with E-state index >= 15 is 0 Å². The fraction of sp³-hybridized carbons (Fsp3) is 0.0455. The molecule has 1 aromatic heterocycles. The monoisotopic (exact) mass is 311 g/mol. The average Bonchev–Trinajstić information content (AvgIpc) is 2.63. The second kappa shape index (κ2) is 5.82. The molecular weight excluding hydrogens is 294 g/mol. The number of pyridine rings is 1. The van der Waals surface area contributed by atoms with E-state index in [4.69, 9.17) is 0 Å². The van der Waals surface area contributed by atoms with E-state index in [1.165, 1.54) is 5.56 Å². The van der Waals surface area contributed by atoms with E-state index in [0.29, 0.717) is 0 Å². The van der Waals surface area contributed by atoms with Gasteiger partial charge in [-0.2, -0.15) is 0 Å². The van der Waals surface area contributed by atoms with Crippen molar-refractivity contribution in [1.29, 1.82) is 0 Å². The molecule has 3 aromatic carbocycles. The summed E-state index contributed by atoms with van der Waals surface area (Å²) < 4.78 is 1.78. The van der Waals surface area contributed by atoms with E-state index in [1.54, 1.807) is 10.6 Å². The van der Waals surface area contributed by atoms with E-state index in [1.807, 2.05) is 79.7 Å². The summed E-state index contributed by atoms with van der Waals surface area (Å²) in [4.78, 5) is 12.9. The Labute approximate surface area is 140 Å². The first-order valence-electron chi connectivity index (χ1n) is 8.01. The molecule has 0 amide bonds. The lowest BCUT2D eigenvalue weighted by Crippen LogP contribution is -2.18. The Morgan fingerprint density at radius 3 is 2.17 bits per heavy atom. The molecule has 0 saturated heterocycles. The van der Waals surface area contributed by atoms with Crippen molar-refractivity contribution in [3.63, 3.8) is 0 Å². The van der Waals surface area contributed by atoms with Gasteiger partial charge in [0.1, 0.15) is 0 Å². The van der Waals surface area contributed by atoms with Gasteiger partial charge in [0.25, 0.3) is 5.56 Å². The molecule has 1 heterocycles. The van der Waals surface area contributed by atoms with Crippen molar-refractivity contribution in [1.82, 2.24) is 4.57 Å². The van der Waals surface area contributed by atoms with Gasteiger partial charge < -0.3 is 0 Å². The number of nitrogens with zero attached hydrogens (tertiary/aromatic N) is 1. The highest BCUT2D eigenvalue weighted by Crippen LogP contribution is 2.28. The third kappa shape index (κ3) is 2.42. The summed E-state index contributed by atoms with van der Waals surface area (Å²) in [5.74, 6) is 0. The van der Waals surface area contributed by atoms with Crippen molar-refractivity contribution >= 4 is 10.9 Å². The van der Waals surface area contributed by atoms with Crippen molar-refractivity contribution in [2.45, 2.75) is 6.92 Å². The van der Waals surface area contributed by atoms with Crippen LogP contribution in [0.4, 0.5) is 0 Å². The minimum atomic E-state index is -0.0172. The smallest absolute Gasteiger partial charge is 0.256 e. The van der Waals surface area contributed by atoms with Crippen LogP contribution in [0.5, 0.6) is 0 Å². The van der Waals surface area contributed by atoms with Gasteiger partial charge in [0, 0.05) is 17.1 Å². The molecule has 0 aliphatic heterocycles. The minimum Gasteiger partial charge on any atom is -0.277 e. The van der Waals surface area contributed by atoms with Crippen LogP contribution in [0.3, 0.4) is 0 Å². The maximum Gasteiger partial charge on any atom is 0.256 e. The highest BCUT2D eigenvalue weighted by molar-refractivity contribution is 5.95. The quantitative estimate of drug-likeness (QED) is 0.512. The van der Waals surface area contributed by atoms with E-state index in [2.05, 4.69) is 6.07 Å². The van der Waals surface area contributed by atoms with Crippen molar-refractivity contribution in [3.8, 4) is 16.8 Å². The lowest BCUT2D eigenvalue weighted by molar-refractivity contribution is 1.04. The van der Waals surface area contributed by atoms with E-state index < -0.39 is 0 Å². The molecule has 0 unspecified atom stereocenters. The zero-order valence-electron chi connectivity index (χ0n) is 13.4. The van der Waals surface area contributed by atoms with Crippen LogP contribution < -0.4 is 5.56 Å². The van der Waals surface area contributed by atoms with Gasteiger partial charge in [-0.1, -0.05) is 66.2 Å². The van der Waals surface area contributed by atoms with Crippen LogP contribution in [0.2, 0.25) is 0 Å². The summed E-state index contributed by atoms with van der Waals surface area (Å²) in [5.41, 5.74) is 5.00. The molecule has 0 spiro atoms. The second-order valence-corrected chi connectivity index (χ2v) is 5.95. The van der Waals surface area contributed by atoms with Gasteiger partial charge in [-0.15, -0.1) is 0 Å². The predicted octanol–water partition coefficient (Wildman–Crippen LogP) is 4.97. The Morgan fingerprint density at radius 1 is 0.750 bits per heavy atom. The molecule has 0 aliphatic carbocycles. The maximum absolute atomic E-state index is 12.9.